The van der Waals surface area contributed by atoms with E-state index in [1.54, 1.807) is 6.07 Å². The minimum Gasteiger partial charge on any atom is -0.493 e. The van der Waals surface area contributed by atoms with Crippen molar-refractivity contribution in [2.24, 2.45) is 10.9 Å². The van der Waals surface area contributed by atoms with E-state index in [4.69, 9.17) is 20.4 Å². The third-order valence-electron chi connectivity index (χ3n) is 3.28. The van der Waals surface area contributed by atoms with Gasteiger partial charge in [-0.2, -0.15) is 0 Å². The Labute approximate surface area is 126 Å². The van der Waals surface area contributed by atoms with Crippen molar-refractivity contribution in [3.63, 3.8) is 0 Å². The number of nitrogens with two attached hydrogens (primary N) is 1. The molecule has 0 amide bonds. The first-order chi connectivity index (χ1) is 9.70. The smallest absolute Gasteiger partial charge is 0.173 e. The van der Waals surface area contributed by atoms with Crippen LogP contribution in [-0.4, -0.2) is 30.4 Å². The van der Waals surface area contributed by atoms with Gasteiger partial charge in [0.2, 0.25) is 0 Å². The van der Waals surface area contributed by atoms with Crippen LogP contribution in [0.2, 0.25) is 0 Å². The number of rotatable bonds is 6. The summed E-state index contributed by atoms with van der Waals surface area (Å²) in [7, 11) is 0. The Hall–Kier alpha value is -1.27. The Morgan fingerprint density at radius 3 is 3.10 bits per heavy atom. The quantitative estimate of drug-likeness (QED) is 0.274. The Bertz CT molecular complexity index is 473. The monoisotopic (exact) mass is 342 g/mol. The molecule has 3 N–H and O–H groups in total. The maximum absolute atomic E-state index is 8.79. The molecule has 1 unspecified atom stereocenters. The maximum Gasteiger partial charge on any atom is 0.173 e. The van der Waals surface area contributed by atoms with Crippen LogP contribution in [-0.2, 0) is 4.74 Å². The molecular weight excluding hydrogens is 324 g/mol. The van der Waals surface area contributed by atoms with E-state index in [-0.39, 0.29) is 5.84 Å². The molecule has 20 heavy (non-hydrogen) atoms. The summed E-state index contributed by atoms with van der Waals surface area (Å²) in [5.74, 6) is 0.663. The van der Waals surface area contributed by atoms with E-state index in [0.717, 1.165) is 36.8 Å². The predicted octanol–water partition coefficient (Wildman–Crippen LogP) is 2.88. The molecule has 1 aromatic carbocycles. The molecule has 1 saturated heterocycles. The molecule has 0 aliphatic carbocycles. The number of amidine groups is 1. The summed E-state index contributed by atoms with van der Waals surface area (Å²) in [6, 6.07) is 5.44. The fraction of sp³-hybridized carbons (Fsp3) is 0.500. The lowest BCUT2D eigenvalue weighted by molar-refractivity contribution is 0.0981. The summed E-state index contributed by atoms with van der Waals surface area (Å²) in [5.41, 5.74) is 6.23. The average molecular weight is 343 g/mol. The molecule has 0 saturated carbocycles. The number of hydrogen-bond acceptors (Lipinski definition) is 4. The van der Waals surface area contributed by atoms with Crippen molar-refractivity contribution < 1.29 is 14.7 Å². The second kappa shape index (κ2) is 7.50. The van der Waals surface area contributed by atoms with Gasteiger partial charge in [0.05, 0.1) is 18.3 Å². The predicted molar refractivity (Wildman–Crippen MR) is 80.4 cm³/mol. The molecule has 1 heterocycles. The molecule has 0 radical (unpaired) electrons. The van der Waals surface area contributed by atoms with Gasteiger partial charge in [0.15, 0.2) is 5.84 Å². The van der Waals surface area contributed by atoms with Gasteiger partial charge in [-0.05, 0) is 43.9 Å². The van der Waals surface area contributed by atoms with Gasteiger partial charge in [-0.15, -0.1) is 0 Å². The summed E-state index contributed by atoms with van der Waals surface area (Å²) in [5, 5.41) is 11.8. The van der Waals surface area contributed by atoms with Crippen LogP contribution in [0.4, 0.5) is 0 Å². The molecule has 1 atom stereocenters. The minimum atomic E-state index is 0.0421. The lowest BCUT2D eigenvalue weighted by Crippen LogP contribution is -2.15. The molecule has 1 aliphatic rings. The highest BCUT2D eigenvalue weighted by Crippen LogP contribution is 2.24. The van der Waals surface area contributed by atoms with Crippen molar-refractivity contribution in [3.8, 4) is 5.75 Å². The summed E-state index contributed by atoms with van der Waals surface area (Å²) >= 11 is 3.36. The van der Waals surface area contributed by atoms with Gasteiger partial charge in [0.25, 0.3) is 0 Å². The Morgan fingerprint density at radius 2 is 2.40 bits per heavy atom. The molecule has 110 valence electrons. The molecule has 1 aliphatic heterocycles. The van der Waals surface area contributed by atoms with Crippen LogP contribution < -0.4 is 10.5 Å². The first-order valence-electron chi connectivity index (χ1n) is 6.72. The van der Waals surface area contributed by atoms with Crippen LogP contribution in [0.15, 0.2) is 27.8 Å². The van der Waals surface area contributed by atoms with E-state index in [1.165, 1.54) is 0 Å². The third kappa shape index (κ3) is 4.11. The summed E-state index contributed by atoms with van der Waals surface area (Å²) in [6.07, 6.45) is 4.62. The zero-order chi connectivity index (χ0) is 14.4. The normalized spacial score (nSPS) is 19.2. The number of halogens is 1. The second-order valence-electron chi connectivity index (χ2n) is 4.75. The SMILES string of the molecule is N/C(=N/O)c1cc(Br)ccc1OCCCC1CCCO1. The Morgan fingerprint density at radius 1 is 1.55 bits per heavy atom. The Kier molecular flexibility index (Phi) is 5.67. The van der Waals surface area contributed by atoms with Gasteiger partial charge in [-0.25, -0.2) is 0 Å². The van der Waals surface area contributed by atoms with E-state index in [9.17, 15) is 0 Å². The van der Waals surface area contributed by atoms with Crippen molar-refractivity contribution in [3.05, 3.63) is 28.2 Å². The molecule has 0 bridgehead atoms. The summed E-state index contributed by atoms with van der Waals surface area (Å²) in [6.45, 7) is 1.47. The van der Waals surface area contributed by atoms with Crippen LogP contribution >= 0.6 is 15.9 Å². The first kappa shape index (κ1) is 15.1. The van der Waals surface area contributed by atoms with Crippen LogP contribution in [0.1, 0.15) is 31.2 Å². The molecule has 0 aromatic heterocycles. The van der Waals surface area contributed by atoms with E-state index >= 15 is 0 Å². The molecule has 5 nitrogen and oxygen atoms in total. The van der Waals surface area contributed by atoms with Gasteiger partial charge >= 0.3 is 0 Å². The molecule has 0 spiro atoms. The summed E-state index contributed by atoms with van der Waals surface area (Å²) < 4.78 is 12.1. The second-order valence-corrected chi connectivity index (χ2v) is 5.67. The molecule has 2 rings (SSSR count). The average Bonchev–Trinajstić information content (AvgIpc) is 2.97. The maximum atomic E-state index is 8.79. The van der Waals surface area contributed by atoms with Gasteiger partial charge in [-0.3, -0.25) is 0 Å². The molecule has 1 fully saturated rings. The van der Waals surface area contributed by atoms with Gasteiger partial charge in [-0.1, -0.05) is 21.1 Å². The number of nitrogens with zero attached hydrogens (tertiary/aromatic N) is 1. The third-order valence-corrected chi connectivity index (χ3v) is 3.77. The van der Waals surface area contributed by atoms with Gasteiger partial charge < -0.3 is 20.4 Å². The number of hydrogen-bond donors (Lipinski definition) is 2. The number of ether oxygens (including phenoxy) is 2. The minimum absolute atomic E-state index is 0.0421. The lowest BCUT2D eigenvalue weighted by Gasteiger charge is -2.12. The van der Waals surface area contributed by atoms with Crippen molar-refractivity contribution in [2.45, 2.75) is 31.8 Å². The highest BCUT2D eigenvalue weighted by atomic mass is 79.9. The van der Waals surface area contributed by atoms with Crippen LogP contribution in [0.5, 0.6) is 5.75 Å². The van der Waals surface area contributed by atoms with Gasteiger partial charge in [0, 0.05) is 11.1 Å². The largest absolute Gasteiger partial charge is 0.493 e. The van der Waals surface area contributed by atoms with Crippen LogP contribution in [0, 0.1) is 0 Å². The van der Waals surface area contributed by atoms with Gasteiger partial charge in [0.1, 0.15) is 5.75 Å². The lowest BCUT2D eigenvalue weighted by atomic mass is 10.1. The van der Waals surface area contributed by atoms with Crippen molar-refractivity contribution in [2.75, 3.05) is 13.2 Å². The van der Waals surface area contributed by atoms with Crippen molar-refractivity contribution >= 4 is 21.8 Å². The van der Waals surface area contributed by atoms with Crippen LogP contribution in [0.25, 0.3) is 0 Å². The van der Waals surface area contributed by atoms with Crippen molar-refractivity contribution in [1.29, 1.82) is 0 Å². The molecular formula is C14H19BrN2O3. The zero-order valence-corrected chi connectivity index (χ0v) is 12.8. The van der Waals surface area contributed by atoms with Crippen molar-refractivity contribution in [1.82, 2.24) is 0 Å². The van der Waals surface area contributed by atoms with E-state index in [2.05, 4.69) is 21.1 Å². The summed E-state index contributed by atoms with van der Waals surface area (Å²) in [4.78, 5) is 0. The topological polar surface area (TPSA) is 77.1 Å². The zero-order valence-electron chi connectivity index (χ0n) is 11.2. The van der Waals surface area contributed by atoms with E-state index in [0.29, 0.717) is 24.0 Å². The Balaban J connectivity index is 1.88. The standard InChI is InChI=1S/C14H19BrN2O3/c15-10-5-6-13(12(9-10)14(16)17-18)20-8-2-4-11-3-1-7-19-11/h5-6,9,11,18H,1-4,7-8H2,(H2,16,17). The van der Waals surface area contributed by atoms with E-state index < -0.39 is 0 Å². The van der Waals surface area contributed by atoms with Crippen LogP contribution in [0.3, 0.4) is 0 Å². The van der Waals surface area contributed by atoms with E-state index in [1.807, 2.05) is 12.1 Å². The highest BCUT2D eigenvalue weighted by Gasteiger charge is 2.15. The fourth-order valence-electron chi connectivity index (χ4n) is 2.25. The highest BCUT2D eigenvalue weighted by molar-refractivity contribution is 9.10. The first-order valence-corrected chi connectivity index (χ1v) is 7.52. The molecule has 6 heteroatoms. The fourth-order valence-corrected chi connectivity index (χ4v) is 2.61. The number of benzene rings is 1. The molecule has 1 aromatic rings. The number of oxime groups is 1.